The molecule has 2 aromatic rings. The third-order valence-corrected chi connectivity index (χ3v) is 5.99. The number of amides is 1. The molecule has 1 unspecified atom stereocenters. The lowest BCUT2D eigenvalue weighted by molar-refractivity contribution is -0.384. The zero-order valence-electron chi connectivity index (χ0n) is 15.5. The molecule has 0 aromatic heterocycles. The summed E-state index contributed by atoms with van der Waals surface area (Å²) in [6.45, 7) is 3.49. The molecule has 0 spiro atoms. The molecule has 1 amide bonds. The number of non-ortho nitro benzene ring substituents is 1. The zero-order valence-corrected chi connectivity index (χ0v) is 16.4. The first-order chi connectivity index (χ1) is 13.4. The summed E-state index contributed by atoms with van der Waals surface area (Å²) in [4.78, 5) is 22.9. The number of rotatable bonds is 10. The fraction of sp³-hybridized carbons (Fsp3) is 0.278. The maximum atomic E-state index is 13.3. The highest BCUT2D eigenvalue weighted by atomic mass is 31.2. The van der Waals surface area contributed by atoms with Gasteiger partial charge in [-0.05, 0) is 31.5 Å². The van der Waals surface area contributed by atoms with E-state index in [1.165, 1.54) is 18.2 Å². The van der Waals surface area contributed by atoms with E-state index in [0.717, 1.165) is 0 Å². The van der Waals surface area contributed by atoms with Crippen molar-refractivity contribution < 1.29 is 23.3 Å². The molecule has 0 aliphatic heterocycles. The van der Waals surface area contributed by atoms with Gasteiger partial charge in [-0.1, -0.05) is 30.3 Å². The van der Waals surface area contributed by atoms with Crippen molar-refractivity contribution in [2.75, 3.05) is 13.2 Å². The van der Waals surface area contributed by atoms with Gasteiger partial charge in [-0.25, -0.2) is 5.43 Å². The van der Waals surface area contributed by atoms with Gasteiger partial charge in [0.1, 0.15) is 0 Å². The van der Waals surface area contributed by atoms with Crippen LogP contribution in [0, 0.1) is 10.1 Å². The number of carbonyl (C=O) groups is 1. The third-order valence-electron chi connectivity index (χ3n) is 3.69. The van der Waals surface area contributed by atoms with Crippen LogP contribution >= 0.6 is 7.60 Å². The van der Waals surface area contributed by atoms with Crippen LogP contribution in [0.15, 0.2) is 54.6 Å². The summed E-state index contributed by atoms with van der Waals surface area (Å²) in [6, 6.07) is 14.0. The predicted molar refractivity (Wildman–Crippen MR) is 104 cm³/mol. The van der Waals surface area contributed by atoms with Gasteiger partial charge in [0.05, 0.1) is 18.1 Å². The molecule has 0 aliphatic rings. The maximum Gasteiger partial charge on any atom is 0.353 e. The van der Waals surface area contributed by atoms with Crippen molar-refractivity contribution in [2.24, 2.45) is 0 Å². The zero-order chi connectivity index (χ0) is 20.6. The van der Waals surface area contributed by atoms with Crippen LogP contribution in [0.1, 0.15) is 35.6 Å². The van der Waals surface area contributed by atoms with E-state index in [-0.39, 0.29) is 24.5 Å². The molecule has 28 heavy (non-hydrogen) atoms. The summed E-state index contributed by atoms with van der Waals surface area (Å²) in [7, 11) is -3.80. The monoisotopic (exact) mass is 407 g/mol. The lowest BCUT2D eigenvalue weighted by atomic mass is 10.2. The van der Waals surface area contributed by atoms with Crippen molar-refractivity contribution in [1.82, 2.24) is 10.9 Å². The molecule has 10 heteroatoms. The van der Waals surface area contributed by atoms with Gasteiger partial charge in [0.25, 0.3) is 11.6 Å². The molecule has 0 radical (unpaired) electrons. The van der Waals surface area contributed by atoms with Gasteiger partial charge in [-0.3, -0.25) is 24.9 Å². The molecule has 0 saturated heterocycles. The van der Waals surface area contributed by atoms with E-state index >= 15 is 0 Å². The molecule has 0 heterocycles. The van der Waals surface area contributed by atoms with Crippen LogP contribution in [-0.2, 0) is 13.6 Å². The minimum absolute atomic E-state index is 0.0943. The Morgan fingerprint density at radius 3 is 2.32 bits per heavy atom. The van der Waals surface area contributed by atoms with Gasteiger partial charge >= 0.3 is 7.60 Å². The molecule has 1 atom stereocenters. The first-order valence-electron chi connectivity index (χ1n) is 8.65. The summed E-state index contributed by atoms with van der Waals surface area (Å²) in [6.07, 6.45) is 0. The Balaban J connectivity index is 2.35. The fourth-order valence-electron chi connectivity index (χ4n) is 2.50. The summed E-state index contributed by atoms with van der Waals surface area (Å²) in [5, 5.41) is 11.1. The van der Waals surface area contributed by atoms with Gasteiger partial charge < -0.3 is 9.05 Å². The van der Waals surface area contributed by atoms with E-state index in [9.17, 15) is 19.5 Å². The SMILES string of the molecule is CCOP(=O)(OCC)C(NNC(=O)c1ccccc1)c1cccc([N+](=O)[O-])c1. The summed E-state index contributed by atoms with van der Waals surface area (Å²) in [5.41, 5.74) is 5.64. The smallest absolute Gasteiger partial charge is 0.307 e. The van der Waals surface area contributed by atoms with E-state index in [0.29, 0.717) is 5.56 Å². The minimum Gasteiger partial charge on any atom is -0.307 e. The molecule has 0 aliphatic carbocycles. The maximum absolute atomic E-state index is 13.3. The van der Waals surface area contributed by atoms with Crippen molar-refractivity contribution in [3.8, 4) is 0 Å². The summed E-state index contributed by atoms with van der Waals surface area (Å²) < 4.78 is 24.1. The minimum atomic E-state index is -3.80. The average Bonchev–Trinajstić information content (AvgIpc) is 2.69. The molecule has 9 nitrogen and oxygen atoms in total. The average molecular weight is 407 g/mol. The number of nitrogens with one attached hydrogen (secondary N) is 2. The molecular weight excluding hydrogens is 385 g/mol. The molecule has 0 saturated carbocycles. The van der Waals surface area contributed by atoms with Gasteiger partial charge in [0, 0.05) is 17.7 Å². The molecular formula is C18H22N3O6P. The highest BCUT2D eigenvalue weighted by Crippen LogP contribution is 2.59. The first-order valence-corrected chi connectivity index (χ1v) is 10.3. The molecule has 0 bridgehead atoms. The number of hydrogen-bond acceptors (Lipinski definition) is 7. The van der Waals surface area contributed by atoms with Crippen LogP contribution in [0.4, 0.5) is 5.69 Å². The van der Waals surface area contributed by atoms with E-state index in [1.807, 2.05) is 0 Å². The van der Waals surface area contributed by atoms with E-state index in [4.69, 9.17) is 9.05 Å². The first kappa shape index (κ1) is 21.7. The quantitative estimate of drug-likeness (QED) is 0.349. The number of carbonyl (C=O) groups excluding carboxylic acids is 1. The molecule has 2 rings (SSSR count). The topological polar surface area (TPSA) is 120 Å². The largest absolute Gasteiger partial charge is 0.353 e. The van der Waals surface area contributed by atoms with Crippen LogP contribution in [0.3, 0.4) is 0 Å². The lowest BCUT2D eigenvalue weighted by Gasteiger charge is -2.27. The number of benzene rings is 2. The predicted octanol–water partition coefficient (Wildman–Crippen LogP) is 3.79. The van der Waals surface area contributed by atoms with Gasteiger partial charge in [0.15, 0.2) is 5.78 Å². The number of hydrogen-bond donors (Lipinski definition) is 2. The van der Waals surface area contributed by atoms with Gasteiger partial charge in [-0.15, -0.1) is 0 Å². The van der Waals surface area contributed by atoms with Crippen LogP contribution in [0.25, 0.3) is 0 Å². The van der Waals surface area contributed by atoms with E-state index in [2.05, 4.69) is 10.9 Å². The second kappa shape index (κ2) is 10.1. The molecule has 2 N–H and O–H groups in total. The Morgan fingerprint density at radius 2 is 1.75 bits per heavy atom. The summed E-state index contributed by atoms with van der Waals surface area (Å²) >= 11 is 0. The van der Waals surface area contributed by atoms with Gasteiger partial charge in [0.2, 0.25) is 0 Å². The Hall–Kier alpha value is -2.58. The van der Waals surface area contributed by atoms with Crippen molar-refractivity contribution in [3.63, 3.8) is 0 Å². The molecule has 2 aromatic carbocycles. The Morgan fingerprint density at radius 1 is 1.11 bits per heavy atom. The Kier molecular flexibility index (Phi) is 7.83. The van der Waals surface area contributed by atoms with E-state index in [1.54, 1.807) is 50.2 Å². The highest BCUT2D eigenvalue weighted by Gasteiger charge is 2.38. The van der Waals surface area contributed by atoms with Crippen molar-refractivity contribution in [1.29, 1.82) is 0 Å². The van der Waals surface area contributed by atoms with Crippen molar-refractivity contribution in [2.45, 2.75) is 19.6 Å². The number of nitro groups is 1. The second-order valence-corrected chi connectivity index (χ2v) is 7.71. The van der Waals surface area contributed by atoms with Crippen molar-refractivity contribution >= 4 is 19.2 Å². The highest BCUT2D eigenvalue weighted by molar-refractivity contribution is 7.54. The lowest BCUT2D eigenvalue weighted by Crippen LogP contribution is -2.40. The number of nitrogens with zero attached hydrogens (tertiary/aromatic N) is 1. The molecule has 150 valence electrons. The summed E-state index contributed by atoms with van der Waals surface area (Å²) in [5.74, 6) is -1.60. The number of nitro benzene ring substituents is 1. The Labute approximate surface area is 162 Å². The van der Waals surface area contributed by atoms with Crippen LogP contribution in [0.2, 0.25) is 0 Å². The fourth-order valence-corrected chi connectivity index (χ4v) is 4.34. The standard InChI is InChI=1S/C18H22N3O6P/c1-3-26-28(25,27-4-2)18(15-11-8-12-16(13-15)21(23)24)20-19-17(22)14-9-6-5-7-10-14/h5-13,18,20H,3-4H2,1-2H3,(H,19,22). The Bertz CT molecular complexity index is 851. The van der Waals surface area contributed by atoms with Crippen molar-refractivity contribution in [3.05, 3.63) is 75.8 Å². The van der Waals surface area contributed by atoms with Crippen LogP contribution < -0.4 is 10.9 Å². The normalized spacial score (nSPS) is 12.4. The number of hydrazine groups is 1. The third kappa shape index (κ3) is 5.46. The van der Waals surface area contributed by atoms with E-state index < -0.39 is 24.2 Å². The molecule has 0 fully saturated rings. The second-order valence-electron chi connectivity index (χ2n) is 5.59. The van der Waals surface area contributed by atoms with Crippen LogP contribution in [-0.4, -0.2) is 24.0 Å². The van der Waals surface area contributed by atoms with Crippen LogP contribution in [0.5, 0.6) is 0 Å². The van der Waals surface area contributed by atoms with Gasteiger partial charge in [-0.2, -0.15) is 0 Å².